The van der Waals surface area contributed by atoms with Crippen LogP contribution in [-0.4, -0.2) is 0 Å². The SMILES string of the molecule is C=C(C(/C=C\C)=C/C=C\C)/C(C1=C(C)CCC1)=C(/C)NC(=C)C1(C)CC1. The number of nitrogens with one attached hydrogen (secondary N) is 1. The summed E-state index contributed by atoms with van der Waals surface area (Å²) in [4.78, 5) is 0. The van der Waals surface area contributed by atoms with E-state index in [4.69, 9.17) is 0 Å². The lowest BCUT2D eigenvalue weighted by atomic mass is 9.89. The van der Waals surface area contributed by atoms with E-state index in [1.807, 2.05) is 6.92 Å². The molecule has 0 amide bonds. The third-order valence-corrected chi connectivity index (χ3v) is 5.70. The van der Waals surface area contributed by atoms with Gasteiger partial charge in [0.2, 0.25) is 0 Å². The average Bonchev–Trinajstić information content (AvgIpc) is 3.23. The van der Waals surface area contributed by atoms with Gasteiger partial charge in [0.05, 0.1) is 0 Å². The summed E-state index contributed by atoms with van der Waals surface area (Å²) in [6.45, 7) is 19.7. The van der Waals surface area contributed by atoms with Crippen LogP contribution in [0.2, 0.25) is 0 Å². The van der Waals surface area contributed by atoms with Gasteiger partial charge in [-0.2, -0.15) is 0 Å². The summed E-state index contributed by atoms with van der Waals surface area (Å²) >= 11 is 0. The van der Waals surface area contributed by atoms with Crippen LogP contribution < -0.4 is 5.32 Å². The van der Waals surface area contributed by atoms with Gasteiger partial charge < -0.3 is 5.32 Å². The number of hydrogen-bond acceptors (Lipinski definition) is 1. The highest BCUT2D eigenvalue weighted by Crippen LogP contribution is 2.50. The van der Waals surface area contributed by atoms with Crippen molar-refractivity contribution in [2.45, 2.75) is 66.7 Å². The van der Waals surface area contributed by atoms with Gasteiger partial charge in [0, 0.05) is 22.4 Å². The predicted octanol–water partition coefficient (Wildman–Crippen LogP) is 7.30. The zero-order chi connectivity index (χ0) is 19.3. The minimum atomic E-state index is 0.264. The molecule has 0 saturated heterocycles. The van der Waals surface area contributed by atoms with Crippen LogP contribution in [0.4, 0.5) is 0 Å². The van der Waals surface area contributed by atoms with Crippen LogP contribution in [-0.2, 0) is 0 Å². The molecule has 1 N–H and O–H groups in total. The van der Waals surface area contributed by atoms with E-state index in [2.05, 4.69) is 76.5 Å². The zero-order valence-corrected chi connectivity index (χ0v) is 17.3. The van der Waals surface area contributed by atoms with Crippen LogP contribution in [0.25, 0.3) is 0 Å². The molecule has 0 spiro atoms. The molecule has 1 heteroatoms. The summed E-state index contributed by atoms with van der Waals surface area (Å²) in [5, 5.41) is 3.63. The Bertz CT molecular complexity index is 730. The highest BCUT2D eigenvalue weighted by atomic mass is 14.9. The summed E-state index contributed by atoms with van der Waals surface area (Å²) in [6.07, 6.45) is 16.6. The number of rotatable bonds is 8. The van der Waals surface area contributed by atoms with E-state index in [9.17, 15) is 0 Å². The average molecular weight is 350 g/mol. The first kappa shape index (κ1) is 20.3. The Morgan fingerprint density at radius 2 is 1.81 bits per heavy atom. The lowest BCUT2D eigenvalue weighted by Crippen LogP contribution is -2.19. The molecule has 0 aromatic heterocycles. The van der Waals surface area contributed by atoms with E-state index in [0.29, 0.717) is 0 Å². The van der Waals surface area contributed by atoms with Crippen LogP contribution in [0.5, 0.6) is 0 Å². The fourth-order valence-electron chi connectivity index (χ4n) is 3.58. The minimum Gasteiger partial charge on any atom is -0.362 e. The van der Waals surface area contributed by atoms with Gasteiger partial charge in [-0.3, -0.25) is 0 Å². The molecule has 1 nitrogen and oxygen atoms in total. The highest BCUT2D eigenvalue weighted by Gasteiger charge is 2.40. The maximum atomic E-state index is 4.50. The normalized spacial score (nSPS) is 20.7. The van der Waals surface area contributed by atoms with Crippen molar-refractivity contribution in [3.63, 3.8) is 0 Å². The molecular weight excluding hydrogens is 314 g/mol. The van der Waals surface area contributed by atoms with E-state index in [-0.39, 0.29) is 5.41 Å². The molecule has 1 saturated carbocycles. The largest absolute Gasteiger partial charge is 0.362 e. The maximum absolute atomic E-state index is 4.50. The molecule has 2 aliphatic rings. The van der Waals surface area contributed by atoms with Crippen molar-refractivity contribution in [2.75, 3.05) is 0 Å². The fraction of sp³-hybridized carbons (Fsp3) is 0.440. The van der Waals surface area contributed by atoms with Crippen LogP contribution in [0, 0.1) is 5.41 Å². The summed E-state index contributed by atoms with van der Waals surface area (Å²) < 4.78 is 0. The molecule has 2 aliphatic carbocycles. The molecule has 1 fully saturated rings. The third kappa shape index (κ3) is 4.58. The molecule has 140 valence electrons. The van der Waals surface area contributed by atoms with Gasteiger partial charge in [-0.1, -0.05) is 56.0 Å². The Morgan fingerprint density at radius 1 is 1.12 bits per heavy atom. The van der Waals surface area contributed by atoms with E-state index >= 15 is 0 Å². The first-order valence-electron chi connectivity index (χ1n) is 9.85. The summed E-state index contributed by atoms with van der Waals surface area (Å²) in [5.41, 5.74) is 9.08. The van der Waals surface area contributed by atoms with Crippen LogP contribution in [0.15, 0.2) is 82.8 Å². The lowest BCUT2D eigenvalue weighted by molar-refractivity contribution is 0.635. The summed E-state index contributed by atoms with van der Waals surface area (Å²) in [6, 6.07) is 0. The third-order valence-electron chi connectivity index (χ3n) is 5.70. The van der Waals surface area contributed by atoms with Gasteiger partial charge in [0.15, 0.2) is 0 Å². The molecule has 2 rings (SSSR count). The molecular formula is C25H35N. The fourth-order valence-corrected chi connectivity index (χ4v) is 3.58. The molecule has 0 bridgehead atoms. The predicted molar refractivity (Wildman–Crippen MR) is 116 cm³/mol. The van der Waals surface area contributed by atoms with Crippen molar-refractivity contribution in [2.24, 2.45) is 5.41 Å². The summed E-state index contributed by atoms with van der Waals surface area (Å²) in [7, 11) is 0. The Hall–Kier alpha value is -2.02. The van der Waals surface area contributed by atoms with Crippen molar-refractivity contribution >= 4 is 0 Å². The second kappa shape index (κ2) is 8.58. The van der Waals surface area contributed by atoms with Crippen LogP contribution >= 0.6 is 0 Å². The smallest absolute Gasteiger partial charge is 0.0199 e. The van der Waals surface area contributed by atoms with E-state index in [1.165, 1.54) is 48.1 Å². The first-order valence-corrected chi connectivity index (χ1v) is 9.85. The molecule has 0 heterocycles. The van der Waals surface area contributed by atoms with Crippen molar-refractivity contribution in [3.05, 3.63) is 82.8 Å². The van der Waals surface area contributed by atoms with Crippen molar-refractivity contribution < 1.29 is 0 Å². The van der Waals surface area contributed by atoms with Gasteiger partial charge in [0.1, 0.15) is 0 Å². The first-order chi connectivity index (χ1) is 12.3. The molecule has 0 atom stereocenters. The molecule has 0 radical (unpaired) electrons. The highest BCUT2D eigenvalue weighted by molar-refractivity contribution is 5.61. The molecule has 0 aliphatic heterocycles. The van der Waals surface area contributed by atoms with Crippen LogP contribution in [0.3, 0.4) is 0 Å². The Balaban J connectivity index is 2.46. The minimum absolute atomic E-state index is 0.264. The Kier molecular flexibility index (Phi) is 6.69. The molecule has 26 heavy (non-hydrogen) atoms. The van der Waals surface area contributed by atoms with Crippen molar-refractivity contribution in [1.29, 1.82) is 0 Å². The van der Waals surface area contributed by atoms with E-state index in [1.54, 1.807) is 0 Å². The quantitative estimate of drug-likeness (QED) is 0.453. The van der Waals surface area contributed by atoms with Crippen LogP contribution in [0.1, 0.15) is 66.7 Å². The standard InChI is InChI=1S/C25H35N/c1-8-10-14-22(12-9-2)19(4)24(23-15-11-13-18(23)3)20(5)26-21(6)25(7)16-17-25/h8-10,12,14,26H,4,6,11,13,15-17H2,1-3,5,7H3/b10-8-,12-9-,22-14+,24-20+. The van der Waals surface area contributed by atoms with Gasteiger partial charge in [-0.15, -0.1) is 0 Å². The van der Waals surface area contributed by atoms with Crippen molar-refractivity contribution in [3.8, 4) is 0 Å². The number of hydrogen-bond donors (Lipinski definition) is 1. The Labute approximate surface area is 160 Å². The maximum Gasteiger partial charge on any atom is 0.0199 e. The second-order valence-corrected chi connectivity index (χ2v) is 7.90. The van der Waals surface area contributed by atoms with Gasteiger partial charge >= 0.3 is 0 Å². The molecule has 0 aromatic rings. The van der Waals surface area contributed by atoms with E-state index < -0.39 is 0 Å². The van der Waals surface area contributed by atoms with Crippen molar-refractivity contribution in [1.82, 2.24) is 5.32 Å². The lowest BCUT2D eigenvalue weighted by Gasteiger charge is -2.22. The molecule has 0 unspecified atom stereocenters. The van der Waals surface area contributed by atoms with Gasteiger partial charge in [0.25, 0.3) is 0 Å². The monoisotopic (exact) mass is 349 g/mol. The van der Waals surface area contributed by atoms with E-state index in [0.717, 1.165) is 23.3 Å². The van der Waals surface area contributed by atoms with Gasteiger partial charge in [-0.25, -0.2) is 0 Å². The Morgan fingerprint density at radius 3 is 2.31 bits per heavy atom. The molecule has 0 aromatic carbocycles. The topological polar surface area (TPSA) is 12.0 Å². The summed E-state index contributed by atoms with van der Waals surface area (Å²) in [5.74, 6) is 0. The van der Waals surface area contributed by atoms with Gasteiger partial charge in [-0.05, 0) is 76.5 Å². The zero-order valence-electron chi connectivity index (χ0n) is 17.3. The second-order valence-electron chi connectivity index (χ2n) is 7.90. The number of allylic oxidation sites excluding steroid dienone is 12.